The lowest BCUT2D eigenvalue weighted by Gasteiger charge is -2.27. The molecular formula is C20H23FN10O9P2S2. The number of nitrogen functional groups attached to an aromatic ring is 2. The lowest BCUT2D eigenvalue weighted by molar-refractivity contribution is -0.0602. The molecule has 44 heavy (non-hydrogen) atoms. The van der Waals surface area contributed by atoms with Crippen molar-refractivity contribution in [2.24, 2.45) is 0 Å². The standard InChI is InChI=1S/C20H23FN10O9P2S2/c21-9-13-8(38-19(9)30-5-28-10-15(22)24-3-26-17(10)30)2-36-42(34,44)40-14-12(32)7(1-35-41(33,43)39-13)37-20(14)31-6-29-11-16(23)25-4-27-18(11)31/h3-9,12-14,19-20,32H,1-2H2,(H,33,43)(H,34,44)(H2,22,24,26)(H2,23,25,27). The Morgan fingerprint density at radius 1 is 0.773 bits per heavy atom. The van der Waals surface area contributed by atoms with Gasteiger partial charge in [-0.1, -0.05) is 0 Å². The van der Waals surface area contributed by atoms with E-state index in [1.54, 1.807) is 0 Å². The van der Waals surface area contributed by atoms with Crippen molar-refractivity contribution < 1.29 is 46.9 Å². The molecule has 4 aromatic rings. The van der Waals surface area contributed by atoms with Crippen LogP contribution in [-0.2, 0) is 51.2 Å². The van der Waals surface area contributed by atoms with Gasteiger partial charge in [-0.15, -0.1) is 0 Å². The van der Waals surface area contributed by atoms with Gasteiger partial charge in [0.05, 0.1) is 25.9 Å². The minimum atomic E-state index is -4.22. The highest BCUT2D eigenvalue weighted by atomic mass is 32.5. The number of hydrogen-bond acceptors (Lipinski definition) is 17. The van der Waals surface area contributed by atoms with E-state index >= 15 is 4.39 Å². The SMILES string of the molecule is Nc1ncnc2c1ncn2C1OC2COP(O)(=S)OC3C(O)C(COP(O)(=S)OC2C1F)OC3n1cnc2c(N)ncnc21. The summed E-state index contributed by atoms with van der Waals surface area (Å²) >= 11 is 10.4. The Hall–Kier alpha value is -2.43. The van der Waals surface area contributed by atoms with Crippen LogP contribution in [0, 0.1) is 0 Å². The molecule has 3 fully saturated rings. The number of aromatic nitrogens is 8. The monoisotopic (exact) mass is 692 g/mol. The van der Waals surface area contributed by atoms with Crippen LogP contribution in [0.4, 0.5) is 16.0 Å². The molecule has 3 aliphatic heterocycles. The van der Waals surface area contributed by atoms with Crippen molar-refractivity contribution in [3.8, 4) is 0 Å². The molecule has 10 atom stereocenters. The third kappa shape index (κ3) is 5.28. The summed E-state index contributed by atoms with van der Waals surface area (Å²) in [4.78, 5) is 46.4. The van der Waals surface area contributed by atoms with Crippen LogP contribution in [0.2, 0.25) is 0 Å². The summed E-state index contributed by atoms with van der Waals surface area (Å²) < 4.78 is 53.0. The number of alkyl halides is 1. The predicted octanol–water partition coefficient (Wildman–Crippen LogP) is -0.425. The van der Waals surface area contributed by atoms with Crippen molar-refractivity contribution in [1.82, 2.24) is 39.0 Å². The van der Waals surface area contributed by atoms with Gasteiger partial charge in [-0.05, 0) is 23.6 Å². The first-order valence-electron chi connectivity index (χ1n) is 12.7. The second kappa shape index (κ2) is 11.1. The molecule has 0 saturated carbocycles. The van der Waals surface area contributed by atoms with E-state index in [2.05, 4.69) is 29.9 Å². The fourth-order valence-corrected chi connectivity index (χ4v) is 8.04. The molecule has 236 valence electrons. The van der Waals surface area contributed by atoms with Gasteiger partial charge in [-0.25, -0.2) is 34.3 Å². The molecule has 10 unspecified atom stereocenters. The first-order chi connectivity index (χ1) is 20.9. The van der Waals surface area contributed by atoms with Crippen molar-refractivity contribution in [3.63, 3.8) is 0 Å². The van der Waals surface area contributed by atoms with Gasteiger partial charge >= 0.3 is 13.4 Å². The van der Waals surface area contributed by atoms with Crippen LogP contribution in [0.1, 0.15) is 12.5 Å². The summed E-state index contributed by atoms with van der Waals surface area (Å²) in [7, 11) is 0. The van der Waals surface area contributed by atoms with Crippen LogP contribution >= 0.6 is 13.4 Å². The van der Waals surface area contributed by atoms with Crippen LogP contribution in [0.15, 0.2) is 25.3 Å². The maximum atomic E-state index is 16.0. The highest BCUT2D eigenvalue weighted by Gasteiger charge is 2.53. The van der Waals surface area contributed by atoms with E-state index in [1.165, 1.54) is 34.4 Å². The molecule has 3 aliphatic rings. The van der Waals surface area contributed by atoms with Crippen LogP contribution in [-0.4, -0.2) is 104 Å². The molecule has 7 N–H and O–H groups in total. The quantitative estimate of drug-likeness (QED) is 0.167. The zero-order chi connectivity index (χ0) is 31.0. The predicted molar refractivity (Wildman–Crippen MR) is 153 cm³/mol. The molecule has 2 bridgehead atoms. The largest absolute Gasteiger partial charge is 0.387 e. The molecule has 3 saturated heterocycles. The summed E-state index contributed by atoms with van der Waals surface area (Å²) in [5, 5.41) is 11.1. The highest BCUT2D eigenvalue weighted by molar-refractivity contribution is 8.07. The third-order valence-corrected chi connectivity index (χ3v) is 10.3. The molecule has 7 rings (SSSR count). The molecule has 19 nitrogen and oxygen atoms in total. The van der Waals surface area contributed by atoms with E-state index in [0.29, 0.717) is 0 Å². The topological polar surface area (TPSA) is 255 Å². The number of fused-ring (bicyclic) bond motifs is 5. The van der Waals surface area contributed by atoms with Crippen molar-refractivity contribution >= 4 is 71.0 Å². The molecule has 0 spiro atoms. The summed E-state index contributed by atoms with van der Waals surface area (Å²) in [6.45, 7) is -9.52. The van der Waals surface area contributed by atoms with Gasteiger partial charge in [0.1, 0.15) is 54.2 Å². The number of imidazole rings is 2. The number of halogens is 1. The van der Waals surface area contributed by atoms with Crippen LogP contribution < -0.4 is 11.5 Å². The Bertz CT molecular complexity index is 1840. The Balaban J connectivity index is 1.20. The maximum absolute atomic E-state index is 16.0. The Morgan fingerprint density at radius 3 is 1.86 bits per heavy atom. The Morgan fingerprint density at radius 2 is 1.27 bits per heavy atom. The number of nitrogens with two attached hydrogens (primary N) is 2. The van der Waals surface area contributed by atoms with E-state index < -0.39 is 75.8 Å². The fraction of sp³-hybridized carbons (Fsp3) is 0.500. The zero-order valence-electron chi connectivity index (χ0n) is 22.0. The summed E-state index contributed by atoms with van der Waals surface area (Å²) in [5.74, 6) is 0.161. The maximum Gasteiger partial charge on any atom is 0.325 e. The Kier molecular flexibility index (Phi) is 7.64. The summed E-state index contributed by atoms with van der Waals surface area (Å²) in [6.07, 6.45) is -6.53. The van der Waals surface area contributed by atoms with Gasteiger partial charge in [0, 0.05) is 0 Å². The normalized spacial score (nSPS) is 38.3. The summed E-state index contributed by atoms with van der Waals surface area (Å²) in [6, 6.07) is 0. The number of rotatable bonds is 2. The van der Waals surface area contributed by atoms with Gasteiger partial charge in [0.2, 0.25) is 0 Å². The average molecular weight is 693 g/mol. The first kappa shape index (κ1) is 30.2. The zero-order valence-corrected chi connectivity index (χ0v) is 25.4. The van der Waals surface area contributed by atoms with Crippen molar-refractivity contribution in [1.29, 1.82) is 0 Å². The van der Waals surface area contributed by atoms with Crippen LogP contribution in [0.3, 0.4) is 0 Å². The van der Waals surface area contributed by atoms with Gasteiger partial charge in [-0.2, -0.15) is 0 Å². The van der Waals surface area contributed by atoms with Gasteiger partial charge in [0.25, 0.3) is 0 Å². The summed E-state index contributed by atoms with van der Waals surface area (Å²) in [5.41, 5.74) is 12.6. The van der Waals surface area contributed by atoms with Crippen molar-refractivity contribution in [3.05, 3.63) is 25.3 Å². The first-order valence-corrected chi connectivity index (χ1v) is 17.9. The second-order valence-electron chi connectivity index (χ2n) is 9.90. The average Bonchev–Trinajstić information content (AvgIpc) is 3.73. The molecular weight excluding hydrogens is 669 g/mol. The van der Waals surface area contributed by atoms with E-state index in [9.17, 15) is 14.9 Å². The van der Waals surface area contributed by atoms with E-state index in [-0.39, 0.29) is 34.0 Å². The lowest BCUT2D eigenvalue weighted by Crippen LogP contribution is -2.35. The minimum absolute atomic E-state index is 0.0682. The van der Waals surface area contributed by atoms with Crippen molar-refractivity contribution in [2.45, 2.75) is 49.1 Å². The van der Waals surface area contributed by atoms with E-state index in [1.807, 2.05) is 0 Å². The smallest absolute Gasteiger partial charge is 0.325 e. The molecule has 0 aliphatic carbocycles. The molecule has 0 aromatic carbocycles. The second-order valence-corrected chi connectivity index (χ2v) is 15.5. The number of ether oxygens (including phenoxy) is 2. The fourth-order valence-electron chi connectivity index (χ4n) is 5.19. The van der Waals surface area contributed by atoms with Gasteiger partial charge in [-0.3, -0.25) is 18.2 Å². The van der Waals surface area contributed by atoms with E-state index in [4.69, 9.17) is 62.6 Å². The lowest BCUT2D eigenvalue weighted by atomic mass is 10.1. The molecule has 24 heteroatoms. The number of anilines is 2. The minimum Gasteiger partial charge on any atom is -0.387 e. The number of aliphatic hydroxyl groups excluding tert-OH is 1. The molecule has 4 aromatic heterocycles. The number of nitrogens with zero attached hydrogens (tertiary/aromatic N) is 8. The number of hydrogen-bond donors (Lipinski definition) is 5. The van der Waals surface area contributed by atoms with E-state index in [0.717, 1.165) is 0 Å². The molecule has 7 heterocycles. The highest BCUT2D eigenvalue weighted by Crippen LogP contribution is 2.54. The number of aliphatic hydroxyl groups is 1. The van der Waals surface area contributed by atoms with Gasteiger partial charge < -0.3 is 44.9 Å². The molecule has 0 radical (unpaired) electrons. The van der Waals surface area contributed by atoms with Crippen LogP contribution in [0.5, 0.6) is 0 Å². The van der Waals surface area contributed by atoms with Crippen molar-refractivity contribution in [2.75, 3.05) is 24.7 Å². The Labute approximate surface area is 255 Å². The molecule has 0 amide bonds. The third-order valence-electron chi connectivity index (χ3n) is 7.22. The van der Waals surface area contributed by atoms with Crippen LogP contribution in [0.25, 0.3) is 22.3 Å². The van der Waals surface area contributed by atoms with Gasteiger partial charge in [0.15, 0.2) is 41.6 Å².